The Hall–Kier alpha value is -3.43. The Labute approximate surface area is 227 Å². The summed E-state index contributed by atoms with van der Waals surface area (Å²) < 4.78 is 40.4. The average Bonchev–Trinajstić information content (AvgIpc) is 3.14. The van der Waals surface area contributed by atoms with Crippen LogP contribution in [0.4, 0.5) is 24.5 Å². The minimum absolute atomic E-state index is 0.116. The van der Waals surface area contributed by atoms with E-state index in [1.54, 1.807) is 0 Å². The molecule has 10 heteroatoms. The zero-order valence-electron chi connectivity index (χ0n) is 20.3. The van der Waals surface area contributed by atoms with Crippen LogP contribution in [0.2, 0.25) is 5.02 Å². The molecule has 2 amide bonds. The van der Waals surface area contributed by atoms with Gasteiger partial charge < -0.3 is 9.80 Å². The Morgan fingerprint density at radius 2 is 1.45 bits per heavy atom. The van der Waals surface area contributed by atoms with Gasteiger partial charge in [0.1, 0.15) is 10.6 Å². The molecule has 0 radical (unpaired) electrons. The molecule has 0 spiro atoms. The second-order valence-corrected chi connectivity index (χ2v) is 10.5. The summed E-state index contributed by atoms with van der Waals surface area (Å²) in [6.07, 6.45) is -4.66. The molecule has 0 unspecified atom stereocenters. The Balaban J connectivity index is 1.50. The van der Waals surface area contributed by atoms with Gasteiger partial charge >= 0.3 is 6.18 Å². The van der Waals surface area contributed by atoms with Crippen LogP contribution in [-0.4, -0.2) is 42.9 Å². The van der Waals surface area contributed by atoms with Crippen molar-refractivity contribution < 1.29 is 22.8 Å². The highest BCUT2D eigenvalue weighted by Crippen LogP contribution is 2.42. The number of piperazine rings is 1. The van der Waals surface area contributed by atoms with Crippen LogP contribution in [0.1, 0.15) is 11.1 Å². The number of halogens is 4. The molecule has 0 aromatic heterocycles. The number of para-hydroxylation sites is 1. The van der Waals surface area contributed by atoms with Gasteiger partial charge in [0, 0.05) is 36.8 Å². The lowest BCUT2D eigenvalue weighted by Gasteiger charge is -2.37. The van der Waals surface area contributed by atoms with Gasteiger partial charge in [0.2, 0.25) is 0 Å². The van der Waals surface area contributed by atoms with Gasteiger partial charge in [-0.25, -0.2) is 4.90 Å². The fraction of sp³-hybridized carbons (Fsp3) is 0.214. The summed E-state index contributed by atoms with van der Waals surface area (Å²) in [5.41, 5.74) is 1.00. The number of nitrogens with zero attached hydrogens (tertiary/aromatic N) is 3. The molecule has 1 fully saturated rings. The summed E-state index contributed by atoms with van der Waals surface area (Å²) in [7, 11) is 0. The number of amides is 2. The molecule has 3 aromatic carbocycles. The molecule has 5 rings (SSSR count). The van der Waals surface area contributed by atoms with Crippen LogP contribution in [0.3, 0.4) is 0 Å². The normalized spacial score (nSPS) is 16.6. The maximum atomic E-state index is 13.8. The van der Waals surface area contributed by atoms with E-state index >= 15 is 0 Å². The third-order valence-corrected chi connectivity index (χ3v) is 7.89. The van der Waals surface area contributed by atoms with Crippen molar-refractivity contribution in [2.45, 2.75) is 18.0 Å². The molecule has 0 saturated carbocycles. The van der Waals surface area contributed by atoms with Gasteiger partial charge in [-0.2, -0.15) is 13.2 Å². The third kappa shape index (κ3) is 5.13. The minimum atomic E-state index is -4.66. The summed E-state index contributed by atoms with van der Waals surface area (Å²) in [5.74, 6) is -1.37. The van der Waals surface area contributed by atoms with Gasteiger partial charge in [-0.05, 0) is 49.4 Å². The molecule has 5 nitrogen and oxygen atoms in total. The fourth-order valence-corrected chi connectivity index (χ4v) is 5.70. The topological polar surface area (TPSA) is 43.9 Å². The van der Waals surface area contributed by atoms with E-state index in [-0.39, 0.29) is 21.3 Å². The predicted molar refractivity (Wildman–Crippen MR) is 143 cm³/mol. The van der Waals surface area contributed by atoms with Gasteiger partial charge in [-0.15, -0.1) is 0 Å². The number of hydrogen-bond donors (Lipinski definition) is 0. The highest BCUT2D eigenvalue weighted by Gasteiger charge is 2.44. The highest BCUT2D eigenvalue weighted by atomic mass is 35.5. The summed E-state index contributed by atoms with van der Waals surface area (Å²) in [5, 5.41) is -0.116. The first-order chi connectivity index (χ1) is 18.1. The van der Waals surface area contributed by atoms with E-state index in [4.69, 9.17) is 11.6 Å². The lowest BCUT2D eigenvalue weighted by atomic mass is 10.1. The van der Waals surface area contributed by atoms with Crippen molar-refractivity contribution in [3.8, 4) is 0 Å². The van der Waals surface area contributed by atoms with Crippen LogP contribution in [0, 0.1) is 6.92 Å². The van der Waals surface area contributed by atoms with Crippen molar-refractivity contribution in [1.82, 2.24) is 4.90 Å². The average molecular weight is 558 g/mol. The van der Waals surface area contributed by atoms with E-state index in [0.717, 1.165) is 51.0 Å². The number of hydrogen-bond acceptors (Lipinski definition) is 5. The molecule has 196 valence electrons. The number of thioether (sulfide) groups is 1. The van der Waals surface area contributed by atoms with Gasteiger partial charge in [0.05, 0.1) is 16.3 Å². The lowest BCUT2D eigenvalue weighted by Crippen LogP contribution is -2.47. The number of benzene rings is 3. The zero-order chi connectivity index (χ0) is 27.0. The number of anilines is 2. The van der Waals surface area contributed by atoms with E-state index in [0.29, 0.717) is 26.2 Å². The van der Waals surface area contributed by atoms with Crippen molar-refractivity contribution in [3.63, 3.8) is 0 Å². The minimum Gasteiger partial charge on any atom is -0.368 e. The second-order valence-electron chi connectivity index (χ2n) is 9.01. The molecular formula is C28H23ClF3N3O2S. The first kappa shape index (κ1) is 26.2. The molecule has 0 bridgehead atoms. The molecule has 2 heterocycles. The number of imide groups is 1. The summed E-state index contributed by atoms with van der Waals surface area (Å²) in [6.45, 7) is 4.09. The van der Waals surface area contributed by atoms with E-state index in [1.165, 1.54) is 0 Å². The molecule has 2 aliphatic heterocycles. The monoisotopic (exact) mass is 557 g/mol. The van der Waals surface area contributed by atoms with E-state index in [2.05, 4.69) is 4.90 Å². The van der Waals surface area contributed by atoms with Crippen molar-refractivity contribution in [2.24, 2.45) is 0 Å². The molecule has 1 saturated heterocycles. The molecule has 2 aliphatic rings. The van der Waals surface area contributed by atoms with Crippen LogP contribution in [0.15, 0.2) is 88.3 Å². The van der Waals surface area contributed by atoms with E-state index < -0.39 is 23.6 Å². The Morgan fingerprint density at radius 3 is 2.08 bits per heavy atom. The van der Waals surface area contributed by atoms with Crippen LogP contribution in [-0.2, 0) is 15.8 Å². The zero-order valence-corrected chi connectivity index (χ0v) is 21.9. The van der Waals surface area contributed by atoms with Crippen molar-refractivity contribution in [2.75, 3.05) is 36.0 Å². The molecule has 38 heavy (non-hydrogen) atoms. The second kappa shape index (κ2) is 10.4. The van der Waals surface area contributed by atoms with Crippen LogP contribution in [0.5, 0.6) is 0 Å². The van der Waals surface area contributed by atoms with Crippen molar-refractivity contribution in [3.05, 3.63) is 99.5 Å². The number of carbonyl (C=O) groups is 2. The highest BCUT2D eigenvalue weighted by molar-refractivity contribution is 8.04. The Morgan fingerprint density at radius 1 is 0.816 bits per heavy atom. The molecule has 0 atom stereocenters. The van der Waals surface area contributed by atoms with Gasteiger partial charge in [-0.1, -0.05) is 59.3 Å². The first-order valence-electron chi connectivity index (χ1n) is 11.9. The maximum Gasteiger partial charge on any atom is 0.416 e. The van der Waals surface area contributed by atoms with E-state index in [1.807, 2.05) is 66.4 Å². The fourth-order valence-electron chi connectivity index (χ4n) is 4.50. The smallest absolute Gasteiger partial charge is 0.368 e. The van der Waals surface area contributed by atoms with Gasteiger partial charge in [0.15, 0.2) is 0 Å². The van der Waals surface area contributed by atoms with Crippen LogP contribution < -0.4 is 9.80 Å². The standard InChI is InChI=1S/C28H23ClF3N3O2S/c1-18-7-10-21(11-8-18)38-25-24(34-15-13-33(14-16-34)20-5-3-2-4-6-20)26(36)35(27(25)37)23-17-19(28(30,31)32)9-12-22(23)29/h2-12,17H,13-16H2,1H3. The van der Waals surface area contributed by atoms with Gasteiger partial charge in [0.25, 0.3) is 11.8 Å². The molecule has 0 N–H and O–H groups in total. The molecule has 3 aromatic rings. The summed E-state index contributed by atoms with van der Waals surface area (Å²) >= 11 is 7.38. The largest absolute Gasteiger partial charge is 0.416 e. The Kier molecular flexibility index (Phi) is 7.15. The molecular weight excluding hydrogens is 535 g/mol. The predicted octanol–water partition coefficient (Wildman–Crippen LogP) is 6.37. The number of carbonyl (C=O) groups excluding carboxylic acids is 2. The quantitative estimate of drug-likeness (QED) is 0.341. The van der Waals surface area contributed by atoms with Crippen LogP contribution in [0.25, 0.3) is 0 Å². The third-order valence-electron chi connectivity index (χ3n) is 6.49. The van der Waals surface area contributed by atoms with Crippen molar-refractivity contribution in [1.29, 1.82) is 0 Å². The van der Waals surface area contributed by atoms with Gasteiger partial charge in [-0.3, -0.25) is 9.59 Å². The first-order valence-corrected chi connectivity index (χ1v) is 13.1. The molecule has 0 aliphatic carbocycles. The summed E-state index contributed by atoms with van der Waals surface area (Å²) in [4.78, 5) is 33.2. The number of rotatable bonds is 5. The van der Waals surface area contributed by atoms with E-state index in [9.17, 15) is 22.8 Å². The summed E-state index contributed by atoms with van der Waals surface area (Å²) in [6, 6.07) is 20.0. The lowest BCUT2D eigenvalue weighted by molar-refractivity contribution is -0.137. The SMILES string of the molecule is Cc1ccc(SC2=C(N3CCN(c4ccccc4)CC3)C(=O)N(c3cc(C(F)(F)F)ccc3Cl)C2=O)cc1. The Bertz CT molecular complexity index is 1400. The maximum absolute atomic E-state index is 13.8. The van der Waals surface area contributed by atoms with Crippen molar-refractivity contribution >= 4 is 46.6 Å². The van der Waals surface area contributed by atoms with Crippen LogP contribution >= 0.6 is 23.4 Å². The number of alkyl halides is 3. The number of aryl methyl sites for hydroxylation is 1.